The van der Waals surface area contributed by atoms with Crippen LogP contribution in [-0.4, -0.2) is 35.9 Å². The lowest BCUT2D eigenvalue weighted by molar-refractivity contribution is -0.130. The van der Waals surface area contributed by atoms with Gasteiger partial charge in [0, 0.05) is 18.8 Å². The van der Waals surface area contributed by atoms with Gasteiger partial charge >= 0.3 is 6.03 Å². The van der Waals surface area contributed by atoms with Gasteiger partial charge in [-0.1, -0.05) is 78.4 Å². The number of aryl methyl sites for hydroxylation is 1. The second-order valence-corrected chi connectivity index (χ2v) is 8.37. The van der Waals surface area contributed by atoms with Gasteiger partial charge in [0.15, 0.2) is 11.5 Å². The number of hydrogen-bond donors (Lipinski definition) is 4. The molecule has 3 aromatic carbocycles. The van der Waals surface area contributed by atoms with Crippen LogP contribution in [0.25, 0.3) is 0 Å². The fourth-order valence-electron chi connectivity index (χ4n) is 4.16. The first-order chi connectivity index (χ1) is 16.5. The molecule has 0 unspecified atom stereocenters. The van der Waals surface area contributed by atoms with Gasteiger partial charge in [0.2, 0.25) is 0 Å². The van der Waals surface area contributed by atoms with Crippen molar-refractivity contribution in [2.24, 2.45) is 0 Å². The predicted octanol–water partition coefficient (Wildman–Crippen LogP) is 4.21. The lowest BCUT2D eigenvalue weighted by atomic mass is 9.82. The Morgan fingerprint density at radius 1 is 0.912 bits per heavy atom. The summed E-state index contributed by atoms with van der Waals surface area (Å²) >= 11 is 0. The van der Waals surface area contributed by atoms with Gasteiger partial charge in [-0.2, -0.15) is 0 Å². The van der Waals surface area contributed by atoms with Crippen LogP contribution < -0.4 is 16.0 Å². The highest BCUT2D eigenvalue weighted by Gasteiger charge is 2.51. The zero-order chi connectivity index (χ0) is 24.0. The van der Waals surface area contributed by atoms with Crippen molar-refractivity contribution in [1.82, 2.24) is 15.5 Å². The predicted molar refractivity (Wildman–Crippen MR) is 134 cm³/mol. The van der Waals surface area contributed by atoms with Crippen LogP contribution in [0.5, 0.6) is 0 Å². The van der Waals surface area contributed by atoms with Crippen molar-refractivity contribution in [2.75, 3.05) is 18.4 Å². The maximum Gasteiger partial charge on any atom is 0.319 e. The molecule has 1 heterocycles. The van der Waals surface area contributed by atoms with Crippen LogP contribution in [0, 0.1) is 12.3 Å². The highest BCUT2D eigenvalue weighted by Crippen LogP contribution is 2.35. The molecule has 1 aliphatic heterocycles. The molecule has 1 aliphatic rings. The Labute approximate surface area is 199 Å². The topological polar surface area (TPSA) is 97.3 Å². The van der Waals surface area contributed by atoms with E-state index in [1.165, 1.54) is 4.90 Å². The van der Waals surface area contributed by atoms with E-state index in [1.807, 2.05) is 91.9 Å². The van der Waals surface area contributed by atoms with Crippen molar-refractivity contribution in [3.05, 3.63) is 102 Å². The molecular weight excluding hydrogens is 426 g/mol. The molecule has 4 N–H and O–H groups in total. The minimum Gasteiger partial charge on any atom is -0.338 e. The second-order valence-electron chi connectivity index (χ2n) is 8.37. The largest absolute Gasteiger partial charge is 0.338 e. The molecule has 0 aliphatic carbocycles. The average Bonchev–Trinajstić information content (AvgIpc) is 3.12. The highest BCUT2D eigenvalue weighted by atomic mass is 16.2. The maximum atomic E-state index is 13.7. The minimum atomic E-state index is -1.12. The molecule has 7 heteroatoms. The van der Waals surface area contributed by atoms with Crippen molar-refractivity contribution >= 4 is 23.6 Å². The van der Waals surface area contributed by atoms with E-state index in [2.05, 4.69) is 16.0 Å². The van der Waals surface area contributed by atoms with E-state index in [0.717, 1.165) is 22.4 Å². The monoisotopic (exact) mass is 455 g/mol. The van der Waals surface area contributed by atoms with Crippen molar-refractivity contribution in [3.8, 4) is 0 Å². The van der Waals surface area contributed by atoms with Gasteiger partial charge in [-0.05, 0) is 43.0 Å². The molecule has 4 rings (SSSR count). The molecule has 0 radical (unpaired) electrons. The van der Waals surface area contributed by atoms with Gasteiger partial charge in [0.25, 0.3) is 5.91 Å². The Morgan fingerprint density at radius 3 is 2.09 bits per heavy atom. The fourth-order valence-corrected chi connectivity index (χ4v) is 4.16. The van der Waals surface area contributed by atoms with E-state index in [4.69, 9.17) is 5.41 Å². The Hall–Kier alpha value is -4.13. The Morgan fingerprint density at radius 2 is 1.50 bits per heavy atom. The average molecular weight is 456 g/mol. The molecule has 3 amide bonds. The van der Waals surface area contributed by atoms with Gasteiger partial charge in [-0.15, -0.1) is 0 Å². The molecule has 7 nitrogen and oxygen atoms in total. The SMILES string of the molecule is Cc1ccc(NC(=O)NCCCCN2C(=N)NC(c3ccccc3)(c3ccccc3)C2=O)cc1. The van der Waals surface area contributed by atoms with Crippen LogP contribution in [0.2, 0.25) is 0 Å². The van der Waals surface area contributed by atoms with Gasteiger partial charge in [0.1, 0.15) is 0 Å². The standard InChI is InChI=1S/C27H29N5O2/c1-20-14-16-23(17-15-20)30-26(34)29-18-8-9-19-32-24(33)27(31-25(32)28,21-10-4-2-5-11-21)22-12-6-3-7-13-22/h2-7,10-17H,8-9,18-19H2,1H3,(H2,28,31)(H2,29,30,34). The van der Waals surface area contributed by atoms with Gasteiger partial charge in [-0.25, -0.2) is 4.79 Å². The number of rotatable bonds is 8. The van der Waals surface area contributed by atoms with Gasteiger partial charge < -0.3 is 16.0 Å². The number of amides is 3. The van der Waals surface area contributed by atoms with Gasteiger partial charge in [0.05, 0.1) is 0 Å². The van der Waals surface area contributed by atoms with Crippen LogP contribution in [0.15, 0.2) is 84.9 Å². The molecule has 0 atom stereocenters. The number of nitrogens with zero attached hydrogens (tertiary/aromatic N) is 1. The second kappa shape index (κ2) is 10.2. The summed E-state index contributed by atoms with van der Waals surface area (Å²) in [5, 5.41) is 17.3. The van der Waals surface area contributed by atoms with E-state index >= 15 is 0 Å². The summed E-state index contributed by atoms with van der Waals surface area (Å²) < 4.78 is 0. The van der Waals surface area contributed by atoms with E-state index in [9.17, 15) is 9.59 Å². The number of unbranched alkanes of at least 4 members (excludes halogenated alkanes) is 1. The number of carbonyl (C=O) groups is 2. The molecule has 3 aromatic rings. The lowest BCUT2D eigenvalue weighted by Crippen LogP contribution is -2.45. The third kappa shape index (κ3) is 4.78. The quantitative estimate of drug-likeness (QED) is 0.383. The molecular formula is C27H29N5O2. The van der Waals surface area contributed by atoms with E-state index in [-0.39, 0.29) is 17.9 Å². The molecule has 34 heavy (non-hydrogen) atoms. The van der Waals surface area contributed by atoms with E-state index in [1.54, 1.807) is 0 Å². The van der Waals surface area contributed by atoms with Crippen LogP contribution in [-0.2, 0) is 10.3 Å². The summed E-state index contributed by atoms with van der Waals surface area (Å²) in [6.07, 6.45) is 1.34. The first kappa shape index (κ1) is 23.0. The smallest absolute Gasteiger partial charge is 0.319 e. The fraction of sp³-hybridized carbons (Fsp3) is 0.222. The van der Waals surface area contributed by atoms with E-state index < -0.39 is 5.54 Å². The summed E-state index contributed by atoms with van der Waals surface area (Å²) in [5.41, 5.74) is 2.35. The van der Waals surface area contributed by atoms with Crippen molar-refractivity contribution in [2.45, 2.75) is 25.3 Å². The Balaban J connectivity index is 1.35. The van der Waals surface area contributed by atoms with E-state index in [0.29, 0.717) is 25.9 Å². The molecule has 174 valence electrons. The highest BCUT2D eigenvalue weighted by molar-refractivity contribution is 6.10. The molecule has 0 saturated carbocycles. The summed E-state index contributed by atoms with van der Waals surface area (Å²) in [7, 11) is 0. The van der Waals surface area contributed by atoms with Crippen LogP contribution in [0.1, 0.15) is 29.5 Å². The summed E-state index contributed by atoms with van der Waals surface area (Å²) in [6.45, 7) is 2.87. The van der Waals surface area contributed by atoms with Crippen LogP contribution in [0.4, 0.5) is 10.5 Å². The number of hydrogen-bond acceptors (Lipinski definition) is 3. The Bertz CT molecular complexity index is 1110. The zero-order valence-electron chi connectivity index (χ0n) is 19.2. The molecule has 1 fully saturated rings. The van der Waals surface area contributed by atoms with Crippen LogP contribution in [0.3, 0.4) is 0 Å². The van der Waals surface area contributed by atoms with Crippen LogP contribution >= 0.6 is 0 Å². The molecule has 0 bridgehead atoms. The Kier molecular flexibility index (Phi) is 6.92. The summed E-state index contributed by atoms with van der Waals surface area (Å²) in [4.78, 5) is 27.3. The third-order valence-electron chi connectivity index (χ3n) is 5.96. The van der Waals surface area contributed by atoms with Crippen molar-refractivity contribution in [1.29, 1.82) is 5.41 Å². The molecule has 1 saturated heterocycles. The van der Waals surface area contributed by atoms with Crippen molar-refractivity contribution < 1.29 is 9.59 Å². The van der Waals surface area contributed by atoms with Crippen molar-refractivity contribution in [3.63, 3.8) is 0 Å². The maximum absolute atomic E-state index is 13.7. The number of urea groups is 1. The number of benzene rings is 3. The number of anilines is 1. The molecule has 0 spiro atoms. The van der Waals surface area contributed by atoms with Gasteiger partial charge in [-0.3, -0.25) is 15.1 Å². The zero-order valence-corrected chi connectivity index (χ0v) is 19.2. The minimum absolute atomic E-state index is 0.0859. The lowest BCUT2D eigenvalue weighted by Gasteiger charge is -2.28. The third-order valence-corrected chi connectivity index (χ3v) is 5.96. The summed E-state index contributed by atoms with van der Waals surface area (Å²) in [6, 6.07) is 26.4. The number of nitrogens with one attached hydrogen (secondary N) is 4. The number of carbonyl (C=O) groups excluding carboxylic acids is 2. The summed E-state index contributed by atoms with van der Waals surface area (Å²) in [5.74, 6) is -0.0808. The first-order valence-electron chi connectivity index (χ1n) is 11.4. The molecule has 0 aromatic heterocycles. The first-order valence-corrected chi connectivity index (χ1v) is 11.4. The normalized spacial score (nSPS) is 14.6. The number of guanidine groups is 1.